The Bertz CT molecular complexity index is 1870. The zero-order valence-corrected chi connectivity index (χ0v) is 26.7. The molecule has 3 N–H and O–H groups in total. The van der Waals surface area contributed by atoms with Gasteiger partial charge in [0.15, 0.2) is 0 Å². The summed E-state index contributed by atoms with van der Waals surface area (Å²) in [7, 11) is 0. The Hall–Kier alpha value is -5.40. The predicted molar refractivity (Wildman–Crippen MR) is 188 cm³/mol. The lowest BCUT2D eigenvalue weighted by Crippen LogP contribution is -2.30. The van der Waals surface area contributed by atoms with Crippen molar-refractivity contribution in [3.63, 3.8) is 0 Å². The van der Waals surface area contributed by atoms with Gasteiger partial charge < -0.3 is 16.0 Å². The van der Waals surface area contributed by atoms with E-state index in [0.717, 1.165) is 38.4 Å². The van der Waals surface area contributed by atoms with Gasteiger partial charge in [0.2, 0.25) is 5.91 Å². The first-order valence-electron chi connectivity index (χ1n) is 14.9. The van der Waals surface area contributed by atoms with E-state index in [1.54, 1.807) is 36.4 Å². The maximum absolute atomic E-state index is 13.7. The first-order valence-corrected chi connectivity index (χ1v) is 15.8. The molecule has 5 rings (SSSR count). The van der Waals surface area contributed by atoms with E-state index in [0.29, 0.717) is 11.3 Å². The highest BCUT2D eigenvalue weighted by molar-refractivity contribution is 8.00. The van der Waals surface area contributed by atoms with Crippen molar-refractivity contribution in [3.05, 3.63) is 166 Å². The summed E-state index contributed by atoms with van der Waals surface area (Å²) in [6.07, 6.45) is 1.67. The molecule has 0 aliphatic rings. The number of nitrogens with one attached hydrogen (secondary N) is 3. The average molecular weight is 626 g/mol. The van der Waals surface area contributed by atoms with E-state index in [4.69, 9.17) is 0 Å². The van der Waals surface area contributed by atoms with Crippen LogP contribution in [-0.4, -0.2) is 17.7 Å². The number of carbonyl (C=O) groups is 3. The molecule has 1 unspecified atom stereocenters. The maximum Gasteiger partial charge on any atom is 0.272 e. The van der Waals surface area contributed by atoms with Crippen LogP contribution in [0.4, 0.5) is 11.4 Å². The SMILES string of the molecule is Cc1cc(C)cc(NC(=O)C(Sc2cccc(NC(=O)/C(=C/c3ccccc3C)NC(=O)c3ccccc3)c2)c2ccccc2)c1. The molecular weight excluding hydrogens is 591 g/mol. The highest BCUT2D eigenvalue weighted by Crippen LogP contribution is 2.37. The fourth-order valence-corrected chi connectivity index (χ4v) is 6.07. The largest absolute Gasteiger partial charge is 0.325 e. The van der Waals surface area contributed by atoms with Crippen molar-refractivity contribution < 1.29 is 14.4 Å². The molecule has 0 bridgehead atoms. The van der Waals surface area contributed by atoms with Crippen LogP contribution in [0.15, 0.2) is 138 Å². The number of carbonyl (C=O) groups excluding carboxylic acids is 3. The standard InChI is InChI=1S/C39H35N3O3S/c1-26-21-27(2)23-33(22-26)41-39(45)36(29-14-6-4-7-15-29)46-34-20-12-19-32(25-34)40-38(44)35(24-31-18-11-10-13-28(31)3)42-37(43)30-16-8-5-9-17-30/h4-25,36H,1-3H3,(H,40,44)(H,41,45)(H,42,43)/b35-24-. The Kier molecular flexibility index (Phi) is 10.5. The number of hydrogen-bond donors (Lipinski definition) is 3. The molecule has 1 atom stereocenters. The number of rotatable bonds is 10. The molecule has 0 spiro atoms. The van der Waals surface area contributed by atoms with Crippen molar-refractivity contribution in [3.8, 4) is 0 Å². The molecular formula is C39H35N3O3S. The van der Waals surface area contributed by atoms with Crippen LogP contribution < -0.4 is 16.0 Å². The van der Waals surface area contributed by atoms with Gasteiger partial charge in [0.1, 0.15) is 10.9 Å². The summed E-state index contributed by atoms with van der Waals surface area (Å²) in [6, 6.07) is 39.3. The van der Waals surface area contributed by atoms with Crippen LogP contribution in [0.5, 0.6) is 0 Å². The van der Waals surface area contributed by atoms with Gasteiger partial charge in [-0.1, -0.05) is 84.9 Å². The Balaban J connectivity index is 1.38. The fourth-order valence-electron chi connectivity index (χ4n) is 4.98. The molecule has 0 heterocycles. The second-order valence-electron chi connectivity index (χ2n) is 11.0. The molecule has 7 heteroatoms. The minimum atomic E-state index is -0.547. The smallest absolute Gasteiger partial charge is 0.272 e. The lowest BCUT2D eigenvalue weighted by atomic mass is 10.1. The lowest BCUT2D eigenvalue weighted by Gasteiger charge is -2.18. The van der Waals surface area contributed by atoms with Gasteiger partial charge in [-0.3, -0.25) is 14.4 Å². The normalized spacial score (nSPS) is 11.8. The Morgan fingerprint density at radius 3 is 2.00 bits per heavy atom. The molecule has 3 amide bonds. The third-order valence-corrected chi connectivity index (χ3v) is 8.44. The van der Waals surface area contributed by atoms with Crippen LogP contribution in [0.2, 0.25) is 0 Å². The van der Waals surface area contributed by atoms with Crippen LogP contribution in [0.25, 0.3) is 6.08 Å². The highest BCUT2D eigenvalue weighted by atomic mass is 32.2. The highest BCUT2D eigenvalue weighted by Gasteiger charge is 2.23. The number of anilines is 2. The number of hydrogen-bond acceptors (Lipinski definition) is 4. The number of aryl methyl sites for hydroxylation is 3. The van der Waals surface area contributed by atoms with Crippen LogP contribution in [0.1, 0.15) is 43.4 Å². The van der Waals surface area contributed by atoms with Gasteiger partial charge >= 0.3 is 0 Å². The van der Waals surface area contributed by atoms with Gasteiger partial charge in [-0.05, 0) is 97.1 Å². The van der Waals surface area contributed by atoms with Gasteiger partial charge in [0.05, 0.1) is 0 Å². The molecule has 0 saturated heterocycles. The van der Waals surface area contributed by atoms with Crippen LogP contribution in [0.3, 0.4) is 0 Å². The van der Waals surface area contributed by atoms with Crippen molar-refractivity contribution >= 4 is 46.9 Å². The third kappa shape index (κ3) is 8.61. The maximum atomic E-state index is 13.7. The van der Waals surface area contributed by atoms with E-state index < -0.39 is 11.2 Å². The van der Waals surface area contributed by atoms with Gasteiger partial charge in [-0.25, -0.2) is 0 Å². The molecule has 230 valence electrons. The number of benzene rings is 5. The molecule has 46 heavy (non-hydrogen) atoms. The van der Waals surface area contributed by atoms with Gasteiger partial charge in [-0.2, -0.15) is 0 Å². The molecule has 5 aromatic carbocycles. The van der Waals surface area contributed by atoms with Crippen molar-refractivity contribution in [1.29, 1.82) is 0 Å². The molecule has 0 saturated carbocycles. The minimum Gasteiger partial charge on any atom is -0.325 e. The van der Waals surface area contributed by atoms with Crippen LogP contribution in [-0.2, 0) is 9.59 Å². The van der Waals surface area contributed by atoms with Crippen LogP contribution >= 0.6 is 11.8 Å². The van der Waals surface area contributed by atoms with Crippen molar-refractivity contribution in [1.82, 2.24) is 5.32 Å². The van der Waals surface area contributed by atoms with Gasteiger partial charge in [-0.15, -0.1) is 11.8 Å². The summed E-state index contributed by atoms with van der Waals surface area (Å²) >= 11 is 1.39. The first-order chi connectivity index (χ1) is 22.2. The van der Waals surface area contributed by atoms with Gasteiger partial charge in [0, 0.05) is 21.8 Å². The number of thioether (sulfide) groups is 1. The Labute approximate surface area is 274 Å². The first kappa shape index (κ1) is 32.0. The summed E-state index contributed by atoms with van der Waals surface area (Å²) in [6.45, 7) is 5.95. The summed E-state index contributed by atoms with van der Waals surface area (Å²) in [5.41, 5.74) is 6.59. The molecule has 0 aromatic heterocycles. The molecule has 0 fully saturated rings. The molecule has 0 aliphatic heterocycles. The summed E-state index contributed by atoms with van der Waals surface area (Å²) in [4.78, 5) is 41.2. The van der Waals surface area contributed by atoms with Crippen LogP contribution in [0, 0.1) is 20.8 Å². The van der Waals surface area contributed by atoms with E-state index in [1.807, 2.05) is 112 Å². The van der Waals surface area contributed by atoms with Crippen molar-refractivity contribution in [2.24, 2.45) is 0 Å². The third-order valence-electron chi connectivity index (χ3n) is 7.19. The zero-order chi connectivity index (χ0) is 32.5. The average Bonchev–Trinajstić information content (AvgIpc) is 3.04. The summed E-state index contributed by atoms with van der Waals surface area (Å²) in [5.74, 6) is -1.01. The van der Waals surface area contributed by atoms with E-state index in [1.165, 1.54) is 11.8 Å². The molecule has 5 aromatic rings. The zero-order valence-electron chi connectivity index (χ0n) is 25.9. The predicted octanol–water partition coefficient (Wildman–Crippen LogP) is 8.49. The van der Waals surface area contributed by atoms with E-state index in [9.17, 15) is 14.4 Å². The topological polar surface area (TPSA) is 87.3 Å². The number of amides is 3. The monoisotopic (exact) mass is 625 g/mol. The van der Waals surface area contributed by atoms with Crippen molar-refractivity contribution in [2.45, 2.75) is 30.9 Å². The second-order valence-corrected chi connectivity index (χ2v) is 12.2. The molecule has 6 nitrogen and oxygen atoms in total. The lowest BCUT2D eigenvalue weighted by molar-refractivity contribution is -0.116. The minimum absolute atomic E-state index is 0.108. The van der Waals surface area contributed by atoms with Gasteiger partial charge in [0.25, 0.3) is 11.8 Å². The Morgan fingerprint density at radius 1 is 0.652 bits per heavy atom. The van der Waals surface area contributed by atoms with Crippen molar-refractivity contribution in [2.75, 3.05) is 10.6 Å². The van der Waals surface area contributed by atoms with E-state index in [-0.39, 0.29) is 17.5 Å². The second kappa shape index (κ2) is 15.1. The summed E-state index contributed by atoms with van der Waals surface area (Å²) in [5, 5.41) is 8.27. The fraction of sp³-hybridized carbons (Fsp3) is 0.103. The summed E-state index contributed by atoms with van der Waals surface area (Å²) < 4.78 is 0. The Morgan fingerprint density at radius 2 is 1.30 bits per heavy atom. The quantitative estimate of drug-likeness (QED) is 0.107. The molecule has 0 radical (unpaired) electrons. The van der Waals surface area contributed by atoms with E-state index in [2.05, 4.69) is 22.0 Å². The molecule has 0 aliphatic carbocycles. The van der Waals surface area contributed by atoms with E-state index >= 15 is 0 Å².